The first kappa shape index (κ1) is 13.5. The Morgan fingerprint density at radius 2 is 1.94 bits per heavy atom. The van der Waals surface area contributed by atoms with E-state index in [-0.39, 0.29) is 5.92 Å². The zero-order chi connectivity index (χ0) is 11.8. The fourth-order valence-corrected chi connectivity index (χ4v) is 2.03. The predicted molar refractivity (Wildman–Crippen MR) is 63.5 cm³/mol. The van der Waals surface area contributed by atoms with Crippen LogP contribution in [0, 0.1) is 5.92 Å². The fourth-order valence-electron chi connectivity index (χ4n) is 2.03. The van der Waals surface area contributed by atoms with Gasteiger partial charge < -0.3 is 9.84 Å². The van der Waals surface area contributed by atoms with Gasteiger partial charge in [-0.3, -0.25) is 4.79 Å². The van der Waals surface area contributed by atoms with Gasteiger partial charge in [-0.2, -0.15) is 0 Å². The lowest BCUT2D eigenvalue weighted by molar-refractivity contribution is -0.142. The molecule has 94 valence electrons. The van der Waals surface area contributed by atoms with Crippen LogP contribution in [0.4, 0.5) is 0 Å². The Morgan fingerprint density at radius 1 is 1.31 bits per heavy atom. The number of carboxylic acid groups (broad SMARTS) is 1. The van der Waals surface area contributed by atoms with Gasteiger partial charge in [0.15, 0.2) is 0 Å². The van der Waals surface area contributed by atoms with E-state index in [1.54, 1.807) is 0 Å². The predicted octanol–water partition coefficient (Wildman–Crippen LogP) is 3.23. The van der Waals surface area contributed by atoms with Crippen LogP contribution in [0.25, 0.3) is 0 Å². The molecule has 0 bridgehead atoms. The van der Waals surface area contributed by atoms with Gasteiger partial charge in [0, 0.05) is 0 Å². The van der Waals surface area contributed by atoms with Crippen LogP contribution in [-0.2, 0) is 9.53 Å². The third-order valence-electron chi connectivity index (χ3n) is 3.32. The molecule has 1 rings (SSSR count). The van der Waals surface area contributed by atoms with Crippen LogP contribution in [0.15, 0.2) is 0 Å². The van der Waals surface area contributed by atoms with Gasteiger partial charge >= 0.3 is 5.97 Å². The number of carbonyl (C=O) groups is 1. The van der Waals surface area contributed by atoms with Crippen molar-refractivity contribution in [3.8, 4) is 0 Å². The molecule has 0 amide bonds. The average molecular weight is 228 g/mol. The molecule has 0 saturated carbocycles. The smallest absolute Gasteiger partial charge is 0.306 e. The normalized spacial score (nSPS) is 20.7. The van der Waals surface area contributed by atoms with E-state index >= 15 is 0 Å². The summed E-state index contributed by atoms with van der Waals surface area (Å²) in [6.07, 6.45) is 9.39. The molecule has 3 nitrogen and oxygen atoms in total. The third-order valence-corrected chi connectivity index (χ3v) is 3.32. The Bertz CT molecular complexity index is 199. The molecular weight excluding hydrogens is 204 g/mol. The Labute approximate surface area is 98.2 Å². The summed E-state index contributed by atoms with van der Waals surface area (Å²) in [5.74, 6) is -0.756. The number of aliphatic carboxylic acids is 1. The van der Waals surface area contributed by atoms with E-state index in [4.69, 9.17) is 9.84 Å². The number of epoxide rings is 1. The van der Waals surface area contributed by atoms with Gasteiger partial charge in [-0.05, 0) is 19.3 Å². The van der Waals surface area contributed by atoms with Crippen LogP contribution in [0.5, 0.6) is 0 Å². The van der Waals surface area contributed by atoms with E-state index in [1.165, 1.54) is 32.1 Å². The fraction of sp³-hybridized carbons (Fsp3) is 0.923. The summed E-state index contributed by atoms with van der Waals surface area (Å²) in [7, 11) is 0. The number of hydrogen-bond donors (Lipinski definition) is 1. The molecule has 1 heterocycles. The van der Waals surface area contributed by atoms with Gasteiger partial charge in [0.1, 0.15) is 0 Å². The number of ether oxygens (including phenoxy) is 1. The minimum Gasteiger partial charge on any atom is -0.481 e. The number of hydrogen-bond acceptors (Lipinski definition) is 2. The van der Waals surface area contributed by atoms with Crippen molar-refractivity contribution in [1.29, 1.82) is 0 Å². The largest absolute Gasteiger partial charge is 0.481 e. The molecule has 16 heavy (non-hydrogen) atoms. The second-order valence-electron chi connectivity index (χ2n) is 4.74. The molecule has 0 aliphatic carbocycles. The maximum atomic E-state index is 10.8. The monoisotopic (exact) mass is 228 g/mol. The van der Waals surface area contributed by atoms with Gasteiger partial charge in [0.05, 0.1) is 18.6 Å². The van der Waals surface area contributed by atoms with Crippen LogP contribution in [0.3, 0.4) is 0 Å². The molecule has 2 unspecified atom stereocenters. The van der Waals surface area contributed by atoms with Crippen molar-refractivity contribution in [3.05, 3.63) is 0 Å². The summed E-state index contributed by atoms with van der Waals surface area (Å²) >= 11 is 0. The molecule has 0 aromatic carbocycles. The van der Waals surface area contributed by atoms with Gasteiger partial charge in [-0.25, -0.2) is 0 Å². The standard InChI is InChI=1S/C13H24O3/c1-2-11(13(14)15)8-6-4-3-5-7-9-12-10-16-12/h11-12H,2-10H2,1H3,(H,14,15). The van der Waals surface area contributed by atoms with Gasteiger partial charge in [0.2, 0.25) is 0 Å². The van der Waals surface area contributed by atoms with E-state index in [9.17, 15) is 4.79 Å². The Hall–Kier alpha value is -0.570. The highest BCUT2D eigenvalue weighted by atomic mass is 16.6. The van der Waals surface area contributed by atoms with Gasteiger partial charge in [0.25, 0.3) is 0 Å². The minimum atomic E-state index is -0.631. The highest BCUT2D eigenvalue weighted by molar-refractivity contribution is 5.69. The molecular formula is C13H24O3. The Balaban J connectivity index is 1.84. The van der Waals surface area contributed by atoms with E-state index < -0.39 is 5.97 Å². The molecule has 0 radical (unpaired) electrons. The first-order valence-corrected chi connectivity index (χ1v) is 6.58. The summed E-state index contributed by atoms with van der Waals surface area (Å²) in [5, 5.41) is 8.87. The van der Waals surface area contributed by atoms with E-state index in [1.807, 2.05) is 6.92 Å². The van der Waals surface area contributed by atoms with Crippen molar-refractivity contribution in [1.82, 2.24) is 0 Å². The maximum Gasteiger partial charge on any atom is 0.306 e. The lowest BCUT2D eigenvalue weighted by Crippen LogP contribution is -2.12. The summed E-state index contributed by atoms with van der Waals surface area (Å²) in [6.45, 7) is 2.92. The molecule has 0 aromatic heterocycles. The summed E-state index contributed by atoms with van der Waals surface area (Å²) in [4.78, 5) is 10.8. The molecule has 1 saturated heterocycles. The topological polar surface area (TPSA) is 49.8 Å². The van der Waals surface area contributed by atoms with Crippen LogP contribution in [-0.4, -0.2) is 23.8 Å². The van der Waals surface area contributed by atoms with Crippen molar-refractivity contribution in [3.63, 3.8) is 0 Å². The van der Waals surface area contributed by atoms with Crippen LogP contribution in [0.1, 0.15) is 58.3 Å². The first-order valence-electron chi connectivity index (χ1n) is 6.58. The molecule has 1 N–H and O–H groups in total. The summed E-state index contributed by atoms with van der Waals surface area (Å²) in [5.41, 5.74) is 0. The molecule has 3 heteroatoms. The molecule has 1 aliphatic rings. The van der Waals surface area contributed by atoms with Crippen molar-refractivity contribution in [2.45, 2.75) is 64.4 Å². The second kappa shape index (κ2) is 7.66. The zero-order valence-corrected chi connectivity index (χ0v) is 10.3. The quantitative estimate of drug-likeness (QED) is 0.461. The van der Waals surface area contributed by atoms with E-state index in [2.05, 4.69) is 0 Å². The SMILES string of the molecule is CCC(CCCCCCCC1CO1)C(=O)O. The summed E-state index contributed by atoms with van der Waals surface area (Å²) < 4.78 is 5.14. The zero-order valence-electron chi connectivity index (χ0n) is 10.3. The van der Waals surface area contributed by atoms with Crippen LogP contribution < -0.4 is 0 Å². The minimum absolute atomic E-state index is 0.125. The number of rotatable bonds is 10. The first-order chi connectivity index (χ1) is 7.74. The average Bonchev–Trinajstić information content (AvgIpc) is 3.05. The van der Waals surface area contributed by atoms with Crippen LogP contribution >= 0.6 is 0 Å². The molecule has 1 aliphatic heterocycles. The van der Waals surface area contributed by atoms with Crippen LogP contribution in [0.2, 0.25) is 0 Å². The van der Waals surface area contributed by atoms with E-state index in [0.29, 0.717) is 6.10 Å². The molecule has 0 aromatic rings. The van der Waals surface area contributed by atoms with E-state index in [0.717, 1.165) is 25.9 Å². The lowest BCUT2D eigenvalue weighted by Gasteiger charge is -2.08. The Morgan fingerprint density at radius 3 is 2.50 bits per heavy atom. The Kier molecular flexibility index (Phi) is 6.46. The van der Waals surface area contributed by atoms with Crippen molar-refractivity contribution in [2.24, 2.45) is 5.92 Å². The highest BCUT2D eigenvalue weighted by Gasteiger charge is 2.20. The van der Waals surface area contributed by atoms with Crippen molar-refractivity contribution >= 4 is 5.97 Å². The van der Waals surface area contributed by atoms with Crippen molar-refractivity contribution in [2.75, 3.05) is 6.61 Å². The number of unbranched alkanes of at least 4 members (excludes halogenated alkanes) is 4. The molecule has 2 atom stereocenters. The molecule has 0 spiro atoms. The number of carboxylic acids is 1. The second-order valence-corrected chi connectivity index (χ2v) is 4.74. The molecule has 1 fully saturated rings. The lowest BCUT2D eigenvalue weighted by atomic mass is 9.98. The van der Waals surface area contributed by atoms with Crippen molar-refractivity contribution < 1.29 is 14.6 Å². The van der Waals surface area contributed by atoms with Gasteiger partial charge in [-0.1, -0.05) is 39.0 Å². The maximum absolute atomic E-state index is 10.8. The summed E-state index contributed by atoms with van der Waals surface area (Å²) in [6, 6.07) is 0. The third kappa shape index (κ3) is 6.11. The highest BCUT2D eigenvalue weighted by Crippen LogP contribution is 2.19. The van der Waals surface area contributed by atoms with Gasteiger partial charge in [-0.15, -0.1) is 0 Å².